The average molecular weight is 398 g/mol. The lowest BCUT2D eigenvalue weighted by Gasteiger charge is -2.33. The van der Waals surface area contributed by atoms with Crippen molar-refractivity contribution in [1.82, 2.24) is 9.21 Å². The fraction of sp³-hybridized carbons (Fsp3) is 0.643. The Bertz CT molecular complexity index is 742. The van der Waals surface area contributed by atoms with Gasteiger partial charge in [0.15, 0.2) is 6.10 Å². The number of hydrogen-bond donors (Lipinski definition) is 0. The van der Waals surface area contributed by atoms with Gasteiger partial charge in [-0.3, -0.25) is 4.79 Å². The van der Waals surface area contributed by atoms with Gasteiger partial charge in [0.2, 0.25) is 10.0 Å². The van der Waals surface area contributed by atoms with Gasteiger partial charge in [0.05, 0.1) is 13.2 Å². The third-order valence-electron chi connectivity index (χ3n) is 4.22. The van der Waals surface area contributed by atoms with Crippen LogP contribution >= 0.6 is 11.3 Å². The van der Waals surface area contributed by atoms with Crippen LogP contribution in [0.15, 0.2) is 16.3 Å². The van der Waals surface area contributed by atoms with E-state index >= 15 is 0 Å². The molecule has 0 unspecified atom stereocenters. The van der Waals surface area contributed by atoms with E-state index in [-0.39, 0.29) is 22.9 Å². The highest BCUT2D eigenvalue weighted by molar-refractivity contribution is 7.89. The zero-order valence-electron chi connectivity index (χ0n) is 13.2. The molecule has 140 valence electrons. The van der Waals surface area contributed by atoms with Gasteiger partial charge in [-0.2, -0.15) is 17.5 Å². The van der Waals surface area contributed by atoms with E-state index in [9.17, 15) is 26.4 Å². The number of halogens is 3. The largest absolute Gasteiger partial charge is 0.416 e. The Labute approximate surface area is 147 Å². The number of sulfonamides is 1. The maximum Gasteiger partial charge on any atom is 0.416 e. The molecule has 2 aliphatic rings. The van der Waals surface area contributed by atoms with Gasteiger partial charge >= 0.3 is 6.18 Å². The molecule has 2 saturated heterocycles. The lowest BCUT2D eigenvalue weighted by Crippen LogP contribution is -2.51. The summed E-state index contributed by atoms with van der Waals surface area (Å²) in [5.41, 5.74) is 0. The maximum absolute atomic E-state index is 12.8. The van der Waals surface area contributed by atoms with Gasteiger partial charge in [-0.1, -0.05) is 0 Å². The number of hydrogen-bond acceptors (Lipinski definition) is 5. The second-order valence-electron chi connectivity index (χ2n) is 5.88. The number of rotatable bonds is 3. The lowest BCUT2D eigenvalue weighted by atomic mass is 10.2. The van der Waals surface area contributed by atoms with Crippen molar-refractivity contribution in [3.05, 3.63) is 16.3 Å². The monoisotopic (exact) mass is 398 g/mol. The molecule has 0 spiro atoms. The summed E-state index contributed by atoms with van der Waals surface area (Å²) in [5, 5.41) is 1.47. The molecule has 0 N–H and O–H groups in total. The van der Waals surface area contributed by atoms with Crippen molar-refractivity contribution in [2.75, 3.05) is 32.8 Å². The summed E-state index contributed by atoms with van der Waals surface area (Å²) in [6, 6.07) is 1.34. The molecule has 0 aromatic carbocycles. The van der Waals surface area contributed by atoms with Crippen LogP contribution in [0.5, 0.6) is 0 Å². The summed E-state index contributed by atoms with van der Waals surface area (Å²) in [4.78, 5) is 13.5. The molecule has 1 amide bonds. The van der Waals surface area contributed by atoms with Crippen molar-refractivity contribution in [2.45, 2.75) is 30.0 Å². The minimum Gasteiger partial charge on any atom is -0.365 e. The van der Waals surface area contributed by atoms with Crippen LogP contribution in [0.3, 0.4) is 0 Å². The highest BCUT2D eigenvalue weighted by Gasteiger charge is 2.45. The zero-order chi connectivity index (χ0) is 18.2. The van der Waals surface area contributed by atoms with E-state index in [1.54, 1.807) is 0 Å². The summed E-state index contributed by atoms with van der Waals surface area (Å²) in [5.74, 6) is -0.703. The zero-order valence-corrected chi connectivity index (χ0v) is 14.8. The van der Waals surface area contributed by atoms with Crippen molar-refractivity contribution < 1.29 is 31.1 Å². The van der Waals surface area contributed by atoms with Gasteiger partial charge in [-0.25, -0.2) is 8.42 Å². The summed E-state index contributed by atoms with van der Waals surface area (Å²) in [6.45, 7) is -0.107. The molecule has 11 heteroatoms. The Kier molecular flexibility index (Phi) is 5.11. The standard InChI is InChI=1S/C14H17F3N2O4S2/c15-14(16,17)11-9-18(6-7-23-11)13(20)12-10(3-8-24-12)25(21,22)19-4-1-2-5-19/h3,8,11H,1-2,4-7,9H2/t11-/m1/s1. The second-order valence-corrected chi connectivity index (χ2v) is 8.70. The predicted molar refractivity (Wildman–Crippen MR) is 84.0 cm³/mol. The van der Waals surface area contributed by atoms with Crippen molar-refractivity contribution in [2.24, 2.45) is 0 Å². The quantitative estimate of drug-likeness (QED) is 0.781. The fourth-order valence-electron chi connectivity index (χ4n) is 2.90. The number of carbonyl (C=O) groups excluding carboxylic acids is 1. The third-order valence-corrected chi connectivity index (χ3v) is 7.20. The number of morpholine rings is 1. The van der Waals surface area contributed by atoms with E-state index in [4.69, 9.17) is 0 Å². The summed E-state index contributed by atoms with van der Waals surface area (Å²) in [6.07, 6.45) is -5.12. The molecular weight excluding hydrogens is 381 g/mol. The molecule has 2 fully saturated rings. The highest BCUT2D eigenvalue weighted by Crippen LogP contribution is 2.31. The normalized spacial score (nSPS) is 23.2. The molecule has 0 saturated carbocycles. The molecule has 3 rings (SSSR count). The van der Waals surface area contributed by atoms with E-state index in [0.717, 1.165) is 29.1 Å². The molecule has 1 atom stereocenters. The number of carbonyl (C=O) groups is 1. The smallest absolute Gasteiger partial charge is 0.365 e. The third kappa shape index (κ3) is 3.69. The Morgan fingerprint density at radius 3 is 2.56 bits per heavy atom. The van der Waals surface area contributed by atoms with E-state index in [1.165, 1.54) is 15.8 Å². The van der Waals surface area contributed by atoms with E-state index in [2.05, 4.69) is 4.74 Å². The Balaban J connectivity index is 1.83. The van der Waals surface area contributed by atoms with Crippen LogP contribution in [-0.2, 0) is 14.8 Å². The number of alkyl halides is 3. The molecule has 0 aliphatic carbocycles. The van der Waals surface area contributed by atoms with Crippen LogP contribution in [0.1, 0.15) is 22.5 Å². The predicted octanol–water partition coefficient (Wildman–Crippen LogP) is 1.94. The van der Waals surface area contributed by atoms with E-state index in [0.29, 0.717) is 13.1 Å². The SMILES string of the molecule is O=C(c1sccc1S(=O)(=O)N1CCCC1)N1CCO[C@@H](C(F)(F)F)C1. The molecule has 2 aliphatic heterocycles. The van der Waals surface area contributed by atoms with Gasteiger partial charge < -0.3 is 9.64 Å². The Morgan fingerprint density at radius 2 is 1.92 bits per heavy atom. The Hall–Kier alpha value is -1.17. The van der Waals surface area contributed by atoms with Crippen molar-refractivity contribution in [3.63, 3.8) is 0 Å². The first-order valence-electron chi connectivity index (χ1n) is 7.76. The van der Waals surface area contributed by atoms with Crippen molar-refractivity contribution in [1.29, 1.82) is 0 Å². The molecule has 0 bridgehead atoms. The molecule has 1 aromatic heterocycles. The van der Waals surface area contributed by atoms with Crippen LogP contribution < -0.4 is 0 Å². The number of nitrogens with zero attached hydrogens (tertiary/aromatic N) is 2. The molecule has 25 heavy (non-hydrogen) atoms. The second kappa shape index (κ2) is 6.86. The Morgan fingerprint density at radius 1 is 1.24 bits per heavy atom. The minimum absolute atomic E-state index is 0.00743. The topological polar surface area (TPSA) is 66.9 Å². The fourth-order valence-corrected chi connectivity index (χ4v) is 5.78. The summed E-state index contributed by atoms with van der Waals surface area (Å²) < 4.78 is 69.8. The lowest BCUT2D eigenvalue weighted by molar-refractivity contribution is -0.233. The van der Waals surface area contributed by atoms with Crippen LogP contribution in [0.4, 0.5) is 13.2 Å². The van der Waals surface area contributed by atoms with Crippen molar-refractivity contribution >= 4 is 27.3 Å². The van der Waals surface area contributed by atoms with Gasteiger partial charge in [0.1, 0.15) is 9.77 Å². The first kappa shape index (κ1) is 18.6. The van der Waals surface area contributed by atoms with E-state index < -0.39 is 34.8 Å². The van der Waals surface area contributed by atoms with Gasteiger partial charge in [0, 0.05) is 19.6 Å². The molecule has 0 radical (unpaired) electrons. The first-order chi connectivity index (χ1) is 11.7. The van der Waals surface area contributed by atoms with Crippen LogP contribution in [0, 0.1) is 0 Å². The molecular formula is C14H17F3N2O4S2. The van der Waals surface area contributed by atoms with Gasteiger partial charge in [-0.05, 0) is 24.3 Å². The highest BCUT2D eigenvalue weighted by atomic mass is 32.2. The number of thiophene rings is 1. The maximum atomic E-state index is 12.8. The van der Waals surface area contributed by atoms with Crippen LogP contribution in [0.25, 0.3) is 0 Å². The van der Waals surface area contributed by atoms with Crippen molar-refractivity contribution in [3.8, 4) is 0 Å². The number of amides is 1. The summed E-state index contributed by atoms with van der Waals surface area (Å²) in [7, 11) is -3.81. The van der Waals surface area contributed by atoms with Crippen LogP contribution in [-0.4, -0.2) is 68.6 Å². The molecule has 6 nitrogen and oxygen atoms in total. The van der Waals surface area contributed by atoms with Crippen LogP contribution in [0.2, 0.25) is 0 Å². The molecule has 3 heterocycles. The minimum atomic E-state index is -4.57. The van der Waals surface area contributed by atoms with E-state index in [1.807, 2.05) is 0 Å². The first-order valence-corrected chi connectivity index (χ1v) is 10.1. The molecule has 1 aromatic rings. The number of ether oxygens (including phenoxy) is 1. The van der Waals surface area contributed by atoms with Gasteiger partial charge in [-0.15, -0.1) is 11.3 Å². The summed E-state index contributed by atoms with van der Waals surface area (Å²) >= 11 is 0.927. The average Bonchev–Trinajstić information content (AvgIpc) is 3.25. The van der Waals surface area contributed by atoms with Gasteiger partial charge in [0.25, 0.3) is 5.91 Å².